The molecule has 4 atom stereocenters. The first-order valence-corrected chi connectivity index (χ1v) is 10.9. The van der Waals surface area contributed by atoms with Crippen LogP contribution in [-0.4, -0.2) is 46.9 Å². The molecule has 3 aliphatic heterocycles. The van der Waals surface area contributed by atoms with Crippen molar-refractivity contribution in [1.82, 2.24) is 9.80 Å². The lowest BCUT2D eigenvalue weighted by Gasteiger charge is -2.57. The van der Waals surface area contributed by atoms with Gasteiger partial charge in [0, 0.05) is 37.6 Å². The van der Waals surface area contributed by atoms with Crippen molar-refractivity contribution in [2.45, 2.75) is 76.4 Å². The van der Waals surface area contributed by atoms with Crippen molar-refractivity contribution in [3.05, 3.63) is 35.4 Å². The number of amides is 1. The Morgan fingerprint density at radius 1 is 1.08 bits per heavy atom. The van der Waals surface area contributed by atoms with Crippen molar-refractivity contribution in [2.24, 2.45) is 11.8 Å². The minimum absolute atomic E-state index is 0.455. The zero-order chi connectivity index (χ0) is 17.7. The van der Waals surface area contributed by atoms with E-state index < -0.39 is 0 Å². The fourth-order valence-corrected chi connectivity index (χ4v) is 6.57. The number of fused-ring (bicyclic) bond motifs is 5. The van der Waals surface area contributed by atoms with Gasteiger partial charge in [0.1, 0.15) is 0 Å². The van der Waals surface area contributed by atoms with Crippen molar-refractivity contribution >= 4 is 5.91 Å². The Labute approximate surface area is 157 Å². The summed E-state index contributed by atoms with van der Waals surface area (Å²) >= 11 is 0. The highest BCUT2D eigenvalue weighted by Gasteiger charge is 2.49. The molecule has 3 heterocycles. The summed E-state index contributed by atoms with van der Waals surface area (Å²) in [6.07, 6.45) is 9.32. The molecule has 1 aromatic rings. The van der Waals surface area contributed by atoms with Gasteiger partial charge in [-0.25, -0.2) is 0 Å². The van der Waals surface area contributed by atoms with E-state index in [1.165, 1.54) is 51.6 Å². The van der Waals surface area contributed by atoms with Gasteiger partial charge in [0.15, 0.2) is 0 Å². The van der Waals surface area contributed by atoms with E-state index in [1.807, 2.05) is 0 Å². The molecule has 0 unspecified atom stereocenters. The molecule has 2 bridgehead atoms. The number of hydrogen-bond donors (Lipinski definition) is 0. The molecule has 5 rings (SSSR count). The van der Waals surface area contributed by atoms with E-state index in [0.717, 1.165) is 12.8 Å². The number of carbonyl (C=O) groups excluding carboxylic acids is 1. The Morgan fingerprint density at radius 2 is 1.81 bits per heavy atom. The third kappa shape index (κ3) is 2.70. The number of carbonyl (C=O) groups is 1. The Balaban J connectivity index is 1.38. The van der Waals surface area contributed by atoms with Crippen molar-refractivity contribution < 1.29 is 4.79 Å². The summed E-state index contributed by atoms with van der Waals surface area (Å²) < 4.78 is 0. The first kappa shape index (κ1) is 16.8. The Bertz CT molecular complexity index is 662. The molecule has 3 heteroatoms. The van der Waals surface area contributed by atoms with Gasteiger partial charge in [0.2, 0.25) is 5.91 Å². The largest absolute Gasteiger partial charge is 0.336 e. The molecule has 0 aromatic heterocycles. The van der Waals surface area contributed by atoms with Gasteiger partial charge in [-0.1, -0.05) is 37.6 Å². The summed E-state index contributed by atoms with van der Waals surface area (Å²) in [5, 5.41) is 0. The minimum atomic E-state index is 0.455. The molecule has 3 nitrogen and oxygen atoms in total. The van der Waals surface area contributed by atoms with Gasteiger partial charge >= 0.3 is 0 Å². The molecule has 140 valence electrons. The maximum atomic E-state index is 12.7. The maximum Gasteiger partial charge on any atom is 0.223 e. The van der Waals surface area contributed by atoms with Crippen LogP contribution in [0.2, 0.25) is 0 Å². The molecule has 3 saturated heterocycles. The first-order valence-electron chi connectivity index (χ1n) is 10.9. The number of hydrogen-bond acceptors (Lipinski definition) is 2. The van der Waals surface area contributed by atoms with E-state index in [2.05, 4.69) is 41.0 Å². The second-order valence-electron chi connectivity index (χ2n) is 9.16. The fourth-order valence-electron chi connectivity index (χ4n) is 6.57. The third-order valence-corrected chi connectivity index (χ3v) is 7.66. The summed E-state index contributed by atoms with van der Waals surface area (Å²) in [5.74, 6) is 1.85. The molecule has 0 spiro atoms. The molecule has 0 radical (unpaired) electrons. The number of nitrogens with zero attached hydrogens (tertiary/aromatic N) is 2. The molecule has 1 amide bonds. The van der Waals surface area contributed by atoms with Crippen molar-refractivity contribution in [2.75, 3.05) is 13.1 Å². The summed E-state index contributed by atoms with van der Waals surface area (Å²) in [4.78, 5) is 17.9. The van der Waals surface area contributed by atoms with Gasteiger partial charge in [-0.2, -0.15) is 0 Å². The Hall–Kier alpha value is -1.35. The average molecular weight is 353 g/mol. The second kappa shape index (κ2) is 6.67. The zero-order valence-electron chi connectivity index (χ0n) is 16.1. The molecular weight excluding hydrogens is 320 g/mol. The van der Waals surface area contributed by atoms with E-state index in [4.69, 9.17) is 0 Å². The maximum absolute atomic E-state index is 12.7. The average Bonchev–Trinajstić information content (AvgIpc) is 3.09. The topological polar surface area (TPSA) is 23.6 Å². The highest BCUT2D eigenvalue weighted by Crippen LogP contribution is 2.44. The summed E-state index contributed by atoms with van der Waals surface area (Å²) in [6, 6.07) is 10.7. The van der Waals surface area contributed by atoms with E-state index in [1.54, 1.807) is 11.1 Å². The molecular formula is C23H32N2O. The highest BCUT2D eigenvalue weighted by molar-refractivity contribution is 5.78. The normalized spacial score (nSPS) is 34.7. The minimum Gasteiger partial charge on any atom is -0.336 e. The molecule has 26 heavy (non-hydrogen) atoms. The summed E-state index contributed by atoms with van der Waals surface area (Å²) in [5.41, 5.74) is 3.13. The van der Waals surface area contributed by atoms with Crippen LogP contribution in [0.15, 0.2) is 24.3 Å². The predicted octanol–water partition coefficient (Wildman–Crippen LogP) is 3.66. The fraction of sp³-hybridized carbons (Fsp3) is 0.696. The van der Waals surface area contributed by atoms with Gasteiger partial charge in [-0.15, -0.1) is 0 Å². The number of benzene rings is 1. The van der Waals surface area contributed by atoms with Crippen LogP contribution >= 0.6 is 0 Å². The van der Waals surface area contributed by atoms with Crippen LogP contribution in [0.5, 0.6) is 0 Å². The molecule has 1 aromatic carbocycles. The van der Waals surface area contributed by atoms with Crippen LogP contribution in [0.4, 0.5) is 0 Å². The van der Waals surface area contributed by atoms with Gasteiger partial charge in [-0.05, 0) is 61.5 Å². The molecule has 3 fully saturated rings. The second-order valence-corrected chi connectivity index (χ2v) is 9.16. The van der Waals surface area contributed by atoms with Crippen molar-refractivity contribution in [3.8, 4) is 0 Å². The molecule has 4 aliphatic rings. The summed E-state index contributed by atoms with van der Waals surface area (Å²) in [6.45, 7) is 4.70. The Morgan fingerprint density at radius 3 is 2.54 bits per heavy atom. The smallest absolute Gasteiger partial charge is 0.223 e. The van der Waals surface area contributed by atoms with E-state index >= 15 is 0 Å². The van der Waals surface area contributed by atoms with E-state index in [9.17, 15) is 4.79 Å². The quantitative estimate of drug-likeness (QED) is 0.829. The first-order chi connectivity index (χ1) is 12.7. The van der Waals surface area contributed by atoms with Gasteiger partial charge in [0.05, 0.1) is 0 Å². The standard InChI is InChI=1S/C23H32N2O/c1-2-6-21-18-11-19(22-9-5-10-23(26)25(21)22)15-24(14-18)20-12-16-7-3-4-8-17(16)13-20/h3-4,7-8,18-22H,2,5-6,9-15H2,1H3/t18-,19+,21-,22-/m0/s1. The van der Waals surface area contributed by atoms with Crippen LogP contribution in [0.1, 0.15) is 56.6 Å². The van der Waals surface area contributed by atoms with Gasteiger partial charge in [0.25, 0.3) is 0 Å². The molecule has 0 saturated carbocycles. The monoisotopic (exact) mass is 352 g/mol. The number of likely N-dealkylation sites (tertiary alicyclic amines) is 1. The lowest BCUT2D eigenvalue weighted by Crippen LogP contribution is -2.65. The third-order valence-electron chi connectivity index (χ3n) is 7.66. The summed E-state index contributed by atoms with van der Waals surface area (Å²) in [7, 11) is 0. The van der Waals surface area contributed by atoms with Crippen molar-refractivity contribution in [1.29, 1.82) is 0 Å². The van der Waals surface area contributed by atoms with Crippen LogP contribution < -0.4 is 0 Å². The number of piperidine rings is 3. The van der Waals surface area contributed by atoms with Gasteiger partial charge < -0.3 is 4.90 Å². The highest BCUT2D eigenvalue weighted by atomic mass is 16.2. The number of rotatable bonds is 3. The Kier molecular flexibility index (Phi) is 4.31. The van der Waals surface area contributed by atoms with E-state index in [0.29, 0.717) is 35.9 Å². The zero-order valence-corrected chi connectivity index (χ0v) is 16.1. The predicted molar refractivity (Wildman–Crippen MR) is 104 cm³/mol. The van der Waals surface area contributed by atoms with Crippen LogP contribution in [0, 0.1) is 11.8 Å². The van der Waals surface area contributed by atoms with Gasteiger partial charge in [-0.3, -0.25) is 9.69 Å². The van der Waals surface area contributed by atoms with Crippen LogP contribution in [-0.2, 0) is 17.6 Å². The molecule has 0 N–H and O–H groups in total. The molecule has 1 aliphatic carbocycles. The lowest BCUT2D eigenvalue weighted by atomic mass is 9.70. The lowest BCUT2D eigenvalue weighted by molar-refractivity contribution is -0.154. The SMILES string of the molecule is CCC[C@H]1[C@H]2C[C@H](CN(C3Cc4ccccc4C3)C2)[C@@H]2CCCC(=O)N21. The van der Waals surface area contributed by atoms with Crippen LogP contribution in [0.25, 0.3) is 0 Å². The van der Waals surface area contributed by atoms with E-state index in [-0.39, 0.29) is 0 Å². The van der Waals surface area contributed by atoms with Crippen molar-refractivity contribution in [3.63, 3.8) is 0 Å². The van der Waals surface area contributed by atoms with Crippen LogP contribution in [0.3, 0.4) is 0 Å².